The number of nitrogens with zero attached hydrogens (tertiary/aromatic N) is 1. The summed E-state index contributed by atoms with van der Waals surface area (Å²) in [5.74, 6) is 4.17. The minimum Gasteiger partial charge on any atom is -0.508 e. The van der Waals surface area contributed by atoms with Crippen molar-refractivity contribution in [2.24, 2.45) is 63.5 Å². The monoisotopic (exact) mass is 1030 g/mol. The van der Waals surface area contributed by atoms with Gasteiger partial charge in [0.15, 0.2) is 17.5 Å². The zero-order valence-corrected chi connectivity index (χ0v) is 46.1. The van der Waals surface area contributed by atoms with Gasteiger partial charge in [-0.25, -0.2) is 0 Å². The Morgan fingerprint density at radius 1 is 0.907 bits per heavy atom. The van der Waals surface area contributed by atoms with E-state index in [1.807, 2.05) is 24.3 Å². The lowest BCUT2D eigenvalue weighted by Gasteiger charge is -2.44. The van der Waals surface area contributed by atoms with E-state index in [0.29, 0.717) is 110 Å². The van der Waals surface area contributed by atoms with Crippen LogP contribution in [0.1, 0.15) is 164 Å². The van der Waals surface area contributed by atoms with Crippen molar-refractivity contribution in [2.45, 2.75) is 174 Å². The Bertz CT molecular complexity index is 2470. The molecule has 13 unspecified atom stereocenters. The van der Waals surface area contributed by atoms with Crippen molar-refractivity contribution in [3.8, 4) is 39.9 Å². The van der Waals surface area contributed by atoms with Crippen molar-refractivity contribution in [3.63, 3.8) is 0 Å². The molecule has 3 aromatic carbocycles. The molecule has 5 heterocycles. The fourth-order valence-electron chi connectivity index (χ4n) is 15.3. The Hall–Kier alpha value is -4.49. The van der Waals surface area contributed by atoms with Crippen molar-refractivity contribution < 1.29 is 44.5 Å². The van der Waals surface area contributed by atoms with Gasteiger partial charge >= 0.3 is 0 Å². The normalized spacial score (nSPS) is 31.2. The average molecular weight is 1030 g/mol. The van der Waals surface area contributed by atoms with Crippen LogP contribution in [0.3, 0.4) is 0 Å². The van der Waals surface area contributed by atoms with E-state index in [0.717, 1.165) is 104 Å². The summed E-state index contributed by atoms with van der Waals surface area (Å²) in [5, 5.41) is 62.1. The number of hydrogen-bond donors (Lipinski definition) is 7. The third-order valence-electron chi connectivity index (χ3n) is 19.1. The van der Waals surface area contributed by atoms with Crippen LogP contribution in [-0.4, -0.2) is 90.3 Å². The first-order valence-corrected chi connectivity index (χ1v) is 29.2. The Labute approximate surface area is 447 Å². The molecule has 0 aromatic heterocycles. The number of aliphatic hydroxyl groups is 3. The van der Waals surface area contributed by atoms with Gasteiger partial charge in [0.05, 0.1) is 19.3 Å². The number of hydrogen-bond acceptors (Lipinski definition) is 12. The third kappa shape index (κ3) is 12.0. The van der Waals surface area contributed by atoms with Gasteiger partial charge < -0.3 is 55.5 Å². The number of fused-ring (bicyclic) bond motifs is 2. The highest BCUT2D eigenvalue weighted by Gasteiger charge is 2.46. The molecule has 8 N–H and O–H groups in total. The minimum absolute atomic E-state index is 0.00706. The maximum atomic E-state index is 12.5. The second-order valence-corrected chi connectivity index (χ2v) is 24.5. The van der Waals surface area contributed by atoms with E-state index in [1.165, 1.54) is 12.8 Å². The van der Waals surface area contributed by atoms with Gasteiger partial charge in [-0.2, -0.15) is 0 Å². The Morgan fingerprint density at radius 2 is 1.73 bits per heavy atom. The highest BCUT2D eigenvalue weighted by Crippen LogP contribution is 2.57. The summed E-state index contributed by atoms with van der Waals surface area (Å²) in [6.45, 7) is 10.8. The molecular weight excluding hydrogens is 943 g/mol. The van der Waals surface area contributed by atoms with Gasteiger partial charge in [-0.1, -0.05) is 78.0 Å². The number of methoxy groups -OCH3 is 2. The van der Waals surface area contributed by atoms with Crippen LogP contribution in [0, 0.1) is 52.8 Å². The SMILES string of the molecule is CCCCCC(C)C1CC2C=CC1CC(O)CC1(CCCC1CCOC)CN=C(N)NCCC1C(CO)CCCC1Oc1cc(ccc1O)C1Oc3cc(OC)c4c(c3CC1O)C2Cc1cc(O)c(CC(C)C)cc1-4. The average Bonchev–Trinajstić information content (AvgIpc) is 3.80. The van der Waals surface area contributed by atoms with Crippen molar-refractivity contribution >= 4 is 5.96 Å². The maximum Gasteiger partial charge on any atom is 0.188 e. The van der Waals surface area contributed by atoms with Gasteiger partial charge in [0.2, 0.25) is 0 Å². The van der Waals surface area contributed by atoms with E-state index in [2.05, 4.69) is 51.2 Å². The predicted octanol–water partition coefficient (Wildman–Crippen LogP) is 11.1. The summed E-state index contributed by atoms with van der Waals surface area (Å²) in [4.78, 5) is 5.07. The van der Waals surface area contributed by atoms with E-state index < -0.39 is 18.3 Å². The van der Waals surface area contributed by atoms with E-state index in [9.17, 15) is 25.5 Å². The number of phenolic OH excluding ortho intramolecular Hbond substituents is 2. The maximum absolute atomic E-state index is 12.5. The van der Waals surface area contributed by atoms with Crippen LogP contribution < -0.4 is 25.3 Å². The largest absolute Gasteiger partial charge is 0.508 e. The quantitative estimate of drug-likeness (QED) is 0.0676. The molecule has 12 nitrogen and oxygen atoms in total. The van der Waals surface area contributed by atoms with Crippen molar-refractivity contribution in [1.82, 2.24) is 5.32 Å². The van der Waals surface area contributed by atoms with Crippen molar-refractivity contribution in [1.29, 1.82) is 0 Å². The molecule has 4 aliphatic carbocycles. The van der Waals surface area contributed by atoms with E-state index in [-0.39, 0.29) is 53.5 Å². The van der Waals surface area contributed by atoms with E-state index in [4.69, 9.17) is 29.7 Å². The second-order valence-electron chi connectivity index (χ2n) is 24.5. The highest BCUT2D eigenvalue weighted by atomic mass is 16.5. The Morgan fingerprint density at radius 3 is 2.51 bits per heavy atom. The van der Waals surface area contributed by atoms with Crippen LogP contribution in [0.25, 0.3) is 11.1 Å². The molecule has 1 spiro atoms. The number of aliphatic hydroxyl groups excluding tert-OH is 3. The summed E-state index contributed by atoms with van der Waals surface area (Å²) in [7, 11) is 3.49. The summed E-state index contributed by atoms with van der Waals surface area (Å²) in [6.07, 6.45) is 18.4. The molecule has 13 atom stereocenters. The first kappa shape index (κ1) is 55.3. The minimum atomic E-state index is -0.917. The fraction of sp³-hybridized carbons (Fsp3) is 0.667. The summed E-state index contributed by atoms with van der Waals surface area (Å²) >= 11 is 0. The molecule has 75 heavy (non-hydrogen) atoms. The highest BCUT2D eigenvalue weighted by molar-refractivity contribution is 5.84. The number of unbranched alkanes of at least 4 members (excludes halogenated alkanes) is 2. The van der Waals surface area contributed by atoms with Gasteiger partial charge in [0, 0.05) is 62.9 Å². The molecule has 0 amide bonds. The number of nitrogens with one attached hydrogen (secondary N) is 1. The Balaban J connectivity index is 1.17. The van der Waals surface area contributed by atoms with Gasteiger partial charge in [0.25, 0.3) is 0 Å². The number of rotatable bonds is 12. The fourth-order valence-corrected chi connectivity index (χ4v) is 15.3. The number of ether oxygens (including phenoxy) is 4. The van der Waals surface area contributed by atoms with Crippen molar-refractivity contribution in [2.75, 3.05) is 40.5 Å². The third-order valence-corrected chi connectivity index (χ3v) is 19.1. The van der Waals surface area contributed by atoms with E-state index >= 15 is 0 Å². The lowest BCUT2D eigenvalue weighted by Crippen LogP contribution is -2.42. The molecule has 3 aromatic rings. The molecule has 0 saturated heterocycles. The zero-order valence-electron chi connectivity index (χ0n) is 46.1. The second kappa shape index (κ2) is 24.5. The smallest absolute Gasteiger partial charge is 0.188 e. The lowest BCUT2D eigenvalue weighted by atomic mass is 9.62. The molecule has 2 fully saturated rings. The number of allylic oxidation sites excluding steroid dienone is 2. The van der Waals surface area contributed by atoms with Crippen LogP contribution in [0.5, 0.6) is 28.7 Å². The number of nitrogens with two attached hydrogens (primary N) is 1. The van der Waals surface area contributed by atoms with Crippen LogP contribution in [-0.2, 0) is 24.0 Å². The number of aliphatic imine (C=N–C) groups is 1. The van der Waals surface area contributed by atoms with Crippen LogP contribution in [0.15, 0.2) is 53.5 Å². The predicted molar refractivity (Wildman–Crippen MR) is 297 cm³/mol. The molecule has 0 radical (unpaired) electrons. The molecule has 5 aliphatic heterocycles. The van der Waals surface area contributed by atoms with Crippen molar-refractivity contribution in [3.05, 3.63) is 76.4 Å². The van der Waals surface area contributed by atoms with Gasteiger partial charge in [-0.05, 0) is 182 Å². The molecule has 412 valence electrons. The number of benzene rings is 3. The van der Waals surface area contributed by atoms with Gasteiger partial charge in [0.1, 0.15) is 29.5 Å². The summed E-state index contributed by atoms with van der Waals surface area (Å²) in [5.41, 5.74) is 13.4. The van der Waals surface area contributed by atoms with Crippen LogP contribution in [0.4, 0.5) is 0 Å². The molecule has 12 heteroatoms. The summed E-state index contributed by atoms with van der Waals surface area (Å²) < 4.78 is 25.9. The molecular formula is C63H91N3O9. The number of aromatic hydroxyl groups is 2. The number of phenols is 2. The standard InChI is InChI=1S/C63H91N3O9/c1-7-8-9-12-38(4)48-27-40-17-16-39(48)26-46(68)34-63(22-11-14-45(63)21-24-72-5)36-66-62(64)65-23-20-47-42(35-67)13-10-15-55(47)74-57-31-41(18-19-52(57)69)61-54(71)32-51-56(75-61)33-58(73-6)60-50-29-44(25-37(2)3)53(70)30-43(50)28-49(40)59(51)60/h16-19,29-31,33,37-40,42,45-49,54-55,61,67-71H,7-15,20-28,32,34-36H2,1-6H3,(H3,64,65,66). The van der Waals surface area contributed by atoms with Crippen LogP contribution >= 0.6 is 0 Å². The van der Waals surface area contributed by atoms with E-state index in [1.54, 1.807) is 20.3 Å². The molecule has 8 bridgehead atoms. The lowest BCUT2D eigenvalue weighted by molar-refractivity contribution is 0.0166. The molecule has 12 rings (SSSR count). The first-order valence-electron chi connectivity index (χ1n) is 29.2. The summed E-state index contributed by atoms with van der Waals surface area (Å²) in [6, 6.07) is 11.4. The molecule has 2 saturated carbocycles. The Kier molecular flexibility index (Phi) is 18.0. The van der Waals surface area contributed by atoms with Crippen LogP contribution in [0.2, 0.25) is 0 Å². The first-order chi connectivity index (χ1) is 36.2. The zero-order chi connectivity index (χ0) is 53.0. The number of guanidine groups is 1. The van der Waals surface area contributed by atoms with Gasteiger partial charge in [-0.15, -0.1) is 0 Å². The molecule has 9 aliphatic rings. The van der Waals surface area contributed by atoms with Gasteiger partial charge in [-0.3, -0.25) is 4.99 Å². The topological polar surface area (TPSA) is 188 Å².